The number of ether oxygens (including phenoxy) is 3. The highest BCUT2D eigenvalue weighted by atomic mass is 16.6. The Bertz CT molecular complexity index is 964. The second-order valence-corrected chi connectivity index (χ2v) is 20.4. The predicted octanol–water partition coefficient (Wildman–Crippen LogP) is 19.0. The number of unbranched alkanes of at least 4 members (excludes halogenated alkanes) is 40. The van der Waals surface area contributed by atoms with Crippen LogP contribution in [0.3, 0.4) is 0 Å². The smallest absolute Gasteiger partial charge is 0.306 e. The Morgan fingerprint density at radius 3 is 0.766 bits per heavy atom. The number of carbonyl (C=O) groups excluding carboxylic acids is 3. The summed E-state index contributed by atoms with van der Waals surface area (Å²) in [6, 6.07) is 0. The van der Waals surface area contributed by atoms with Crippen molar-refractivity contribution in [1.29, 1.82) is 0 Å². The zero-order valence-corrected chi connectivity index (χ0v) is 43.8. The summed E-state index contributed by atoms with van der Waals surface area (Å²) < 4.78 is 16.9. The molecule has 0 aromatic rings. The Kier molecular flexibility index (Phi) is 51.1. The van der Waals surface area contributed by atoms with Gasteiger partial charge in [-0.1, -0.05) is 291 Å². The van der Waals surface area contributed by atoms with E-state index in [1.54, 1.807) is 0 Å². The van der Waals surface area contributed by atoms with E-state index in [4.69, 9.17) is 14.2 Å². The first kappa shape index (κ1) is 62.4. The maximum atomic E-state index is 12.8. The molecule has 0 aromatic heterocycles. The molecule has 0 fully saturated rings. The van der Waals surface area contributed by atoms with E-state index in [1.807, 2.05) is 0 Å². The van der Waals surface area contributed by atoms with Crippen molar-refractivity contribution in [3.8, 4) is 0 Å². The normalized spacial score (nSPS) is 12.0. The lowest BCUT2D eigenvalue weighted by Crippen LogP contribution is -2.30. The standard InChI is InChI=1S/C58H112O6/c1-5-7-9-11-13-15-17-19-21-23-24-25-27-29-31-33-38-42-46-50-57(60)63-53-55(64-58(61)51-47-43-39-35-34-36-40-44-48-54(3)4)52-62-56(59)49-45-41-37-32-30-28-26-22-20-18-16-14-12-10-8-6-2/h54-55H,5-53H2,1-4H3/t55-/m0/s1. The van der Waals surface area contributed by atoms with Crippen molar-refractivity contribution in [2.75, 3.05) is 13.2 Å². The van der Waals surface area contributed by atoms with Gasteiger partial charge >= 0.3 is 17.9 Å². The molecule has 0 unspecified atom stereocenters. The molecule has 0 aliphatic carbocycles. The highest BCUT2D eigenvalue weighted by molar-refractivity contribution is 5.71. The average molecular weight is 906 g/mol. The lowest BCUT2D eigenvalue weighted by molar-refractivity contribution is -0.167. The van der Waals surface area contributed by atoms with E-state index in [-0.39, 0.29) is 31.1 Å². The molecular weight excluding hydrogens is 793 g/mol. The van der Waals surface area contributed by atoms with Gasteiger partial charge in [-0.2, -0.15) is 0 Å². The summed E-state index contributed by atoms with van der Waals surface area (Å²) >= 11 is 0. The highest BCUT2D eigenvalue weighted by Crippen LogP contribution is 2.18. The molecule has 380 valence electrons. The molecule has 0 saturated heterocycles. The van der Waals surface area contributed by atoms with E-state index in [0.29, 0.717) is 19.3 Å². The van der Waals surface area contributed by atoms with Crippen molar-refractivity contribution >= 4 is 17.9 Å². The van der Waals surface area contributed by atoms with Crippen molar-refractivity contribution in [1.82, 2.24) is 0 Å². The molecule has 64 heavy (non-hydrogen) atoms. The summed E-state index contributed by atoms with van der Waals surface area (Å²) in [6.45, 7) is 9.02. The van der Waals surface area contributed by atoms with E-state index < -0.39 is 6.10 Å². The molecule has 0 aliphatic rings. The van der Waals surface area contributed by atoms with Crippen LogP contribution in [-0.4, -0.2) is 37.2 Å². The summed E-state index contributed by atoms with van der Waals surface area (Å²) in [4.78, 5) is 38.1. The number of hydrogen-bond acceptors (Lipinski definition) is 6. The average Bonchev–Trinajstić information content (AvgIpc) is 3.28. The maximum absolute atomic E-state index is 12.8. The van der Waals surface area contributed by atoms with Crippen LogP contribution in [0.15, 0.2) is 0 Å². The molecule has 1 atom stereocenters. The van der Waals surface area contributed by atoms with Crippen LogP contribution in [0.4, 0.5) is 0 Å². The van der Waals surface area contributed by atoms with Crippen LogP contribution in [0.1, 0.15) is 329 Å². The molecule has 6 heteroatoms. The van der Waals surface area contributed by atoms with Crippen LogP contribution in [0.2, 0.25) is 0 Å². The molecule has 0 spiro atoms. The minimum absolute atomic E-state index is 0.0627. The molecule has 0 amide bonds. The van der Waals surface area contributed by atoms with Gasteiger partial charge in [0.25, 0.3) is 0 Å². The fourth-order valence-electron chi connectivity index (χ4n) is 8.92. The molecule has 0 saturated carbocycles. The van der Waals surface area contributed by atoms with Gasteiger partial charge in [0.1, 0.15) is 13.2 Å². The summed E-state index contributed by atoms with van der Waals surface area (Å²) in [5.41, 5.74) is 0. The second kappa shape index (κ2) is 52.4. The van der Waals surface area contributed by atoms with E-state index in [0.717, 1.165) is 63.7 Å². The summed E-state index contributed by atoms with van der Waals surface area (Å²) in [7, 11) is 0. The SMILES string of the molecule is CCCCCCCCCCCCCCCCCCCCCC(=O)OC[C@H](COC(=O)CCCCCCCCCCCCCCCCCC)OC(=O)CCCCCCCCCCC(C)C. The first-order chi connectivity index (χ1) is 31.4. The van der Waals surface area contributed by atoms with Gasteiger partial charge in [0.05, 0.1) is 0 Å². The van der Waals surface area contributed by atoms with Crippen molar-refractivity contribution in [2.45, 2.75) is 336 Å². The van der Waals surface area contributed by atoms with Gasteiger partial charge in [-0.15, -0.1) is 0 Å². The van der Waals surface area contributed by atoms with Crippen molar-refractivity contribution in [2.24, 2.45) is 5.92 Å². The van der Waals surface area contributed by atoms with E-state index >= 15 is 0 Å². The van der Waals surface area contributed by atoms with Crippen LogP contribution in [-0.2, 0) is 28.6 Å². The molecule has 0 aromatic carbocycles. The molecule has 6 nitrogen and oxygen atoms in total. The largest absolute Gasteiger partial charge is 0.462 e. The first-order valence-corrected chi connectivity index (χ1v) is 28.9. The maximum Gasteiger partial charge on any atom is 0.306 e. The Balaban J connectivity index is 4.23. The van der Waals surface area contributed by atoms with Gasteiger partial charge in [-0.05, 0) is 25.2 Å². The molecule has 0 bridgehead atoms. The van der Waals surface area contributed by atoms with E-state index in [1.165, 1.54) is 225 Å². The van der Waals surface area contributed by atoms with Gasteiger partial charge in [0.2, 0.25) is 0 Å². The summed E-state index contributed by atoms with van der Waals surface area (Å²) in [5.74, 6) is -0.0460. The molecule has 0 heterocycles. The third kappa shape index (κ3) is 51.4. The quantitative estimate of drug-likeness (QED) is 0.0344. The van der Waals surface area contributed by atoms with E-state index in [9.17, 15) is 14.4 Å². The summed E-state index contributed by atoms with van der Waals surface area (Å²) in [6.07, 6.45) is 56.7. The van der Waals surface area contributed by atoms with Crippen molar-refractivity contribution in [3.05, 3.63) is 0 Å². The Labute approximate surface area is 399 Å². The van der Waals surface area contributed by atoms with Gasteiger partial charge in [0, 0.05) is 19.3 Å². The van der Waals surface area contributed by atoms with Crippen molar-refractivity contribution < 1.29 is 28.6 Å². The minimum Gasteiger partial charge on any atom is -0.462 e. The van der Waals surface area contributed by atoms with Crippen LogP contribution in [0.25, 0.3) is 0 Å². The fourth-order valence-corrected chi connectivity index (χ4v) is 8.92. The third-order valence-electron chi connectivity index (χ3n) is 13.3. The van der Waals surface area contributed by atoms with Gasteiger partial charge in [-0.25, -0.2) is 0 Å². The lowest BCUT2D eigenvalue weighted by Gasteiger charge is -2.18. The molecule has 0 aliphatic heterocycles. The van der Waals surface area contributed by atoms with Crippen LogP contribution < -0.4 is 0 Å². The Morgan fingerprint density at radius 1 is 0.297 bits per heavy atom. The molecule has 0 radical (unpaired) electrons. The van der Waals surface area contributed by atoms with Crippen molar-refractivity contribution in [3.63, 3.8) is 0 Å². The fraction of sp³-hybridized carbons (Fsp3) is 0.948. The number of esters is 3. The van der Waals surface area contributed by atoms with Gasteiger partial charge in [-0.3, -0.25) is 14.4 Å². The molecule has 0 rings (SSSR count). The van der Waals surface area contributed by atoms with Gasteiger partial charge in [0.15, 0.2) is 6.10 Å². The number of hydrogen-bond donors (Lipinski definition) is 0. The zero-order valence-electron chi connectivity index (χ0n) is 43.8. The predicted molar refractivity (Wildman–Crippen MR) is 275 cm³/mol. The van der Waals surface area contributed by atoms with E-state index in [2.05, 4.69) is 27.7 Å². The highest BCUT2D eigenvalue weighted by Gasteiger charge is 2.19. The number of rotatable bonds is 53. The topological polar surface area (TPSA) is 78.9 Å². The molecular formula is C58H112O6. The van der Waals surface area contributed by atoms with Crippen LogP contribution in [0, 0.1) is 5.92 Å². The van der Waals surface area contributed by atoms with Crippen LogP contribution in [0.5, 0.6) is 0 Å². The zero-order chi connectivity index (χ0) is 46.7. The lowest BCUT2D eigenvalue weighted by atomic mass is 10.0. The monoisotopic (exact) mass is 905 g/mol. The molecule has 0 N–H and O–H groups in total. The summed E-state index contributed by atoms with van der Waals surface area (Å²) in [5, 5.41) is 0. The second-order valence-electron chi connectivity index (χ2n) is 20.4. The third-order valence-corrected chi connectivity index (χ3v) is 13.3. The Morgan fingerprint density at radius 2 is 0.516 bits per heavy atom. The number of carbonyl (C=O) groups is 3. The first-order valence-electron chi connectivity index (χ1n) is 28.9. The minimum atomic E-state index is -0.762. The van der Waals surface area contributed by atoms with Crippen LogP contribution >= 0.6 is 0 Å². The Hall–Kier alpha value is -1.59. The van der Waals surface area contributed by atoms with Gasteiger partial charge < -0.3 is 14.2 Å².